The number of benzene rings is 3. The lowest BCUT2D eigenvalue weighted by molar-refractivity contribution is 0.488. The molecule has 0 N–H and O–H groups in total. The topological polar surface area (TPSA) is 9.23 Å². The smallest absolute Gasteiger partial charge is 0.135 e. The minimum absolute atomic E-state index is 0.847. The Balaban J connectivity index is 2.10. The molecule has 0 heterocycles. The van der Waals surface area contributed by atoms with E-state index >= 15 is 0 Å². The molecule has 0 unspecified atom stereocenters. The van der Waals surface area contributed by atoms with Crippen LogP contribution < -0.4 is 4.74 Å². The van der Waals surface area contributed by atoms with Gasteiger partial charge in [0, 0.05) is 5.39 Å². The zero-order valence-corrected chi connectivity index (χ0v) is 9.97. The van der Waals surface area contributed by atoms with Gasteiger partial charge < -0.3 is 4.74 Å². The van der Waals surface area contributed by atoms with Crippen molar-refractivity contribution < 1.29 is 4.74 Å². The van der Waals surface area contributed by atoms with Crippen LogP contribution in [-0.2, 0) is 0 Å². The van der Waals surface area contributed by atoms with Gasteiger partial charge in [0.15, 0.2) is 0 Å². The quantitative estimate of drug-likeness (QED) is 0.617. The second-order valence-electron chi connectivity index (χ2n) is 4.18. The van der Waals surface area contributed by atoms with Gasteiger partial charge in [-0.3, -0.25) is 0 Å². The molecule has 0 spiro atoms. The van der Waals surface area contributed by atoms with Gasteiger partial charge in [0.05, 0.1) is 0 Å². The molecular formula is C17H13O. The van der Waals surface area contributed by atoms with E-state index in [4.69, 9.17) is 4.74 Å². The molecule has 0 aromatic heterocycles. The van der Waals surface area contributed by atoms with Crippen LogP contribution in [0.25, 0.3) is 10.8 Å². The summed E-state index contributed by atoms with van der Waals surface area (Å²) in [7, 11) is 0. The third-order valence-corrected chi connectivity index (χ3v) is 2.95. The average molecular weight is 233 g/mol. The summed E-state index contributed by atoms with van der Waals surface area (Å²) in [6.07, 6.45) is 0. The van der Waals surface area contributed by atoms with Gasteiger partial charge in [-0.05, 0) is 36.1 Å². The van der Waals surface area contributed by atoms with Gasteiger partial charge in [0.2, 0.25) is 0 Å². The zero-order valence-electron chi connectivity index (χ0n) is 9.97. The average Bonchev–Trinajstić information content (AvgIpc) is 2.44. The van der Waals surface area contributed by atoms with E-state index in [1.165, 1.54) is 0 Å². The normalized spacial score (nSPS) is 10.5. The largest absolute Gasteiger partial charge is 0.457 e. The first-order chi connectivity index (χ1) is 8.84. The van der Waals surface area contributed by atoms with E-state index in [0.717, 1.165) is 27.8 Å². The van der Waals surface area contributed by atoms with E-state index in [0.29, 0.717) is 0 Å². The molecule has 18 heavy (non-hydrogen) atoms. The number of rotatable bonds is 2. The first-order valence-corrected chi connectivity index (χ1v) is 5.91. The summed E-state index contributed by atoms with van der Waals surface area (Å²) in [6.45, 7) is 4.04. The fourth-order valence-corrected chi connectivity index (χ4v) is 2.04. The fraction of sp³-hybridized carbons (Fsp3) is 0. The summed E-state index contributed by atoms with van der Waals surface area (Å²) in [5, 5.41) is 2.22. The van der Waals surface area contributed by atoms with E-state index in [1.54, 1.807) is 0 Å². The first-order valence-electron chi connectivity index (χ1n) is 5.91. The van der Waals surface area contributed by atoms with E-state index in [1.807, 2.05) is 54.6 Å². The van der Waals surface area contributed by atoms with E-state index in [-0.39, 0.29) is 0 Å². The second kappa shape index (κ2) is 4.53. The van der Waals surface area contributed by atoms with E-state index in [2.05, 4.69) is 19.1 Å². The maximum Gasteiger partial charge on any atom is 0.135 e. The van der Waals surface area contributed by atoms with E-state index < -0.39 is 0 Å². The Kier molecular flexibility index (Phi) is 2.73. The van der Waals surface area contributed by atoms with Crippen LogP contribution in [0.15, 0.2) is 66.7 Å². The molecule has 1 radical (unpaired) electrons. The molecule has 1 heteroatoms. The van der Waals surface area contributed by atoms with Gasteiger partial charge in [0.25, 0.3) is 0 Å². The summed E-state index contributed by atoms with van der Waals surface area (Å²) in [5.41, 5.74) is 1.02. The van der Waals surface area contributed by atoms with Crippen LogP contribution in [0.2, 0.25) is 0 Å². The molecule has 0 atom stereocenters. The number of fused-ring (bicyclic) bond motifs is 1. The molecule has 0 aliphatic carbocycles. The summed E-state index contributed by atoms with van der Waals surface area (Å²) in [4.78, 5) is 0. The summed E-state index contributed by atoms with van der Waals surface area (Å²) >= 11 is 0. The third kappa shape index (κ3) is 1.95. The number of para-hydroxylation sites is 1. The van der Waals surface area contributed by atoms with Crippen molar-refractivity contribution in [2.24, 2.45) is 0 Å². The van der Waals surface area contributed by atoms with Gasteiger partial charge in [-0.25, -0.2) is 0 Å². The van der Waals surface area contributed by atoms with Gasteiger partial charge in [-0.2, -0.15) is 0 Å². The Morgan fingerprint density at radius 2 is 1.33 bits per heavy atom. The van der Waals surface area contributed by atoms with Crippen LogP contribution in [0.4, 0.5) is 0 Å². The van der Waals surface area contributed by atoms with Crippen molar-refractivity contribution in [1.29, 1.82) is 0 Å². The molecule has 3 rings (SSSR count). The second-order valence-corrected chi connectivity index (χ2v) is 4.18. The highest BCUT2D eigenvalue weighted by molar-refractivity contribution is 5.91. The molecule has 0 bridgehead atoms. The van der Waals surface area contributed by atoms with Crippen molar-refractivity contribution in [2.45, 2.75) is 0 Å². The monoisotopic (exact) mass is 233 g/mol. The van der Waals surface area contributed by atoms with Crippen LogP contribution in [0, 0.1) is 6.92 Å². The maximum atomic E-state index is 5.92. The highest BCUT2D eigenvalue weighted by Gasteiger charge is 2.04. The summed E-state index contributed by atoms with van der Waals surface area (Å²) < 4.78 is 5.92. The minimum atomic E-state index is 0.847. The Morgan fingerprint density at radius 1 is 0.667 bits per heavy atom. The standard InChI is InChI=1S/C17H13O/c1-13-11-12-17(16-10-6-5-9-15(13)16)18-14-7-3-2-4-8-14/h2-12H,1H2. The lowest BCUT2D eigenvalue weighted by Crippen LogP contribution is -1.87. The van der Waals surface area contributed by atoms with Gasteiger partial charge >= 0.3 is 0 Å². The Hall–Kier alpha value is -2.28. The van der Waals surface area contributed by atoms with Crippen LogP contribution >= 0.6 is 0 Å². The Morgan fingerprint density at radius 3 is 2.11 bits per heavy atom. The zero-order chi connectivity index (χ0) is 12.4. The van der Waals surface area contributed by atoms with Crippen LogP contribution in [0.1, 0.15) is 5.56 Å². The predicted molar refractivity (Wildman–Crippen MR) is 74.9 cm³/mol. The van der Waals surface area contributed by atoms with Gasteiger partial charge in [-0.15, -0.1) is 0 Å². The lowest BCUT2D eigenvalue weighted by Gasteiger charge is -2.10. The van der Waals surface area contributed by atoms with Gasteiger partial charge in [0.1, 0.15) is 11.5 Å². The molecule has 0 amide bonds. The first kappa shape index (κ1) is 10.8. The van der Waals surface area contributed by atoms with Crippen LogP contribution in [-0.4, -0.2) is 0 Å². The third-order valence-electron chi connectivity index (χ3n) is 2.95. The fourth-order valence-electron chi connectivity index (χ4n) is 2.04. The number of ether oxygens (including phenoxy) is 1. The number of hydrogen-bond donors (Lipinski definition) is 0. The molecule has 3 aromatic rings. The van der Waals surface area contributed by atoms with Crippen molar-refractivity contribution in [3.63, 3.8) is 0 Å². The SMILES string of the molecule is [CH2]c1ccc(Oc2ccccc2)c2ccccc12. The molecular weight excluding hydrogens is 220 g/mol. The minimum Gasteiger partial charge on any atom is -0.457 e. The van der Waals surface area contributed by atoms with Crippen LogP contribution in [0.3, 0.4) is 0 Å². The molecule has 0 saturated heterocycles. The van der Waals surface area contributed by atoms with Crippen molar-refractivity contribution in [2.75, 3.05) is 0 Å². The molecule has 3 aromatic carbocycles. The van der Waals surface area contributed by atoms with Crippen molar-refractivity contribution in [3.05, 3.63) is 79.2 Å². The highest BCUT2D eigenvalue weighted by Crippen LogP contribution is 2.31. The number of hydrogen-bond acceptors (Lipinski definition) is 1. The Labute approximate surface area is 107 Å². The predicted octanol–water partition coefficient (Wildman–Crippen LogP) is 4.81. The van der Waals surface area contributed by atoms with Crippen molar-refractivity contribution in [3.8, 4) is 11.5 Å². The molecule has 0 aliphatic rings. The van der Waals surface area contributed by atoms with E-state index in [9.17, 15) is 0 Å². The molecule has 0 aliphatic heterocycles. The Bertz CT molecular complexity index is 672. The molecule has 1 nitrogen and oxygen atoms in total. The lowest BCUT2D eigenvalue weighted by atomic mass is 10.0. The molecule has 0 saturated carbocycles. The van der Waals surface area contributed by atoms with Crippen molar-refractivity contribution >= 4 is 10.8 Å². The highest BCUT2D eigenvalue weighted by atomic mass is 16.5. The summed E-state index contributed by atoms with van der Waals surface area (Å²) in [5.74, 6) is 1.71. The van der Waals surface area contributed by atoms with Gasteiger partial charge in [-0.1, -0.05) is 48.5 Å². The van der Waals surface area contributed by atoms with Crippen molar-refractivity contribution in [1.82, 2.24) is 0 Å². The molecule has 0 fully saturated rings. The maximum absolute atomic E-state index is 5.92. The molecule has 87 valence electrons. The van der Waals surface area contributed by atoms with Crippen LogP contribution in [0.5, 0.6) is 11.5 Å². The summed E-state index contributed by atoms with van der Waals surface area (Å²) in [6, 6.07) is 21.9.